The average Bonchev–Trinajstić information content (AvgIpc) is 2.58. The Kier molecular flexibility index (Phi) is 19.6. The molecule has 0 rings (SSSR count). The van der Waals surface area contributed by atoms with Gasteiger partial charge in [-0.05, 0) is 6.42 Å². The van der Waals surface area contributed by atoms with Crippen molar-refractivity contribution in [3.63, 3.8) is 0 Å². The van der Waals surface area contributed by atoms with Gasteiger partial charge in [0.2, 0.25) is 0 Å². The summed E-state index contributed by atoms with van der Waals surface area (Å²) in [5.74, 6) is -0.108. The van der Waals surface area contributed by atoms with E-state index in [1.54, 1.807) is 24.6 Å². The molecule has 0 aromatic heterocycles. The molecule has 0 spiro atoms. The van der Waals surface area contributed by atoms with E-state index in [-0.39, 0.29) is 5.75 Å². The topological polar surface area (TPSA) is 54.4 Å². The molecule has 0 fully saturated rings. The first kappa shape index (κ1) is 27.6. The van der Waals surface area contributed by atoms with Crippen molar-refractivity contribution in [3.05, 3.63) is 0 Å². The molecule has 0 aromatic rings. The van der Waals surface area contributed by atoms with Crippen molar-refractivity contribution in [3.8, 4) is 0 Å². The van der Waals surface area contributed by atoms with Crippen LogP contribution in [-0.2, 0) is 10.1 Å². The summed E-state index contributed by atoms with van der Waals surface area (Å²) in [6.45, 7) is 11.3. The fourth-order valence-corrected chi connectivity index (χ4v) is 9.85. The van der Waals surface area contributed by atoms with Crippen molar-refractivity contribution in [1.82, 2.24) is 0 Å². The van der Waals surface area contributed by atoms with Crippen molar-refractivity contribution >= 4 is 17.4 Å². The van der Waals surface area contributed by atoms with Gasteiger partial charge in [-0.15, -0.1) is 0 Å². The SMILES string of the molecule is CCCCS(=O)(=O)O.CCCC[PH](CCCC)(CCCC)CCCC. The van der Waals surface area contributed by atoms with E-state index >= 15 is 0 Å². The van der Waals surface area contributed by atoms with E-state index in [0.29, 0.717) is 6.42 Å². The quantitative estimate of drug-likeness (QED) is 0.249. The molecule has 0 atom stereocenters. The van der Waals surface area contributed by atoms with Crippen LogP contribution in [-0.4, -0.2) is 43.4 Å². The normalized spacial score (nSPS) is 12.6. The maximum absolute atomic E-state index is 9.95. The molecule has 0 aliphatic heterocycles. The molecule has 0 saturated carbocycles. The van der Waals surface area contributed by atoms with Crippen LogP contribution < -0.4 is 0 Å². The Labute approximate surface area is 159 Å². The van der Waals surface area contributed by atoms with Crippen molar-refractivity contribution in [2.24, 2.45) is 0 Å². The second-order valence-electron chi connectivity index (χ2n) is 7.55. The summed E-state index contributed by atoms with van der Waals surface area (Å²) in [7, 11) is -4.57. The van der Waals surface area contributed by atoms with E-state index in [0.717, 1.165) is 6.42 Å². The van der Waals surface area contributed by atoms with Gasteiger partial charge in [0.25, 0.3) is 10.1 Å². The van der Waals surface area contributed by atoms with E-state index in [4.69, 9.17) is 4.55 Å². The van der Waals surface area contributed by atoms with Gasteiger partial charge in [0.05, 0.1) is 5.75 Å². The molecule has 0 aliphatic carbocycles. The third-order valence-electron chi connectivity index (χ3n) is 5.00. The zero-order valence-electron chi connectivity index (χ0n) is 17.8. The first-order valence-electron chi connectivity index (χ1n) is 10.8. The molecule has 0 aromatic carbocycles. The van der Waals surface area contributed by atoms with Gasteiger partial charge in [0.1, 0.15) is 0 Å². The second-order valence-corrected chi connectivity index (χ2v) is 14.1. The van der Waals surface area contributed by atoms with Crippen LogP contribution in [0.5, 0.6) is 0 Å². The first-order valence-corrected chi connectivity index (χ1v) is 15.2. The Morgan fingerprint density at radius 1 is 0.600 bits per heavy atom. The summed E-state index contributed by atoms with van der Waals surface area (Å²) >= 11 is 0. The second kappa shape index (κ2) is 17.7. The molecule has 0 radical (unpaired) electrons. The van der Waals surface area contributed by atoms with Crippen molar-refractivity contribution in [2.45, 2.75) is 98.8 Å². The molecule has 0 aliphatic rings. The molecule has 0 unspecified atom stereocenters. The molecular weight excluding hydrogens is 351 g/mol. The van der Waals surface area contributed by atoms with Crippen LogP contribution in [0.3, 0.4) is 0 Å². The predicted octanol–water partition coefficient (Wildman–Crippen LogP) is 6.61. The van der Waals surface area contributed by atoms with Crippen LogP contribution in [0.4, 0.5) is 0 Å². The van der Waals surface area contributed by atoms with Gasteiger partial charge in [0.15, 0.2) is 0 Å². The summed E-state index contributed by atoms with van der Waals surface area (Å²) in [5, 5.41) is 0. The van der Waals surface area contributed by atoms with Gasteiger partial charge in [0, 0.05) is 0 Å². The van der Waals surface area contributed by atoms with Crippen LogP contribution in [0.25, 0.3) is 0 Å². The number of hydrogen-bond donors (Lipinski definition) is 1. The average molecular weight is 399 g/mol. The van der Waals surface area contributed by atoms with Gasteiger partial charge >= 0.3 is 111 Å². The number of rotatable bonds is 15. The van der Waals surface area contributed by atoms with Crippen molar-refractivity contribution in [1.29, 1.82) is 0 Å². The van der Waals surface area contributed by atoms with Crippen LogP contribution in [0.2, 0.25) is 0 Å². The van der Waals surface area contributed by atoms with E-state index in [1.807, 2.05) is 6.92 Å². The molecule has 3 nitrogen and oxygen atoms in total. The Morgan fingerprint density at radius 3 is 1.04 bits per heavy atom. The summed E-state index contributed by atoms with van der Waals surface area (Å²) in [4.78, 5) is 0. The van der Waals surface area contributed by atoms with E-state index < -0.39 is 17.4 Å². The fraction of sp³-hybridized carbons (Fsp3) is 1.00. The summed E-state index contributed by atoms with van der Waals surface area (Å²) in [5.41, 5.74) is 0. The summed E-state index contributed by atoms with van der Waals surface area (Å²) in [6.07, 6.45) is 19.5. The van der Waals surface area contributed by atoms with E-state index in [1.165, 1.54) is 51.4 Å². The van der Waals surface area contributed by atoms with Crippen LogP contribution in [0.15, 0.2) is 0 Å². The molecule has 25 heavy (non-hydrogen) atoms. The molecule has 0 bridgehead atoms. The van der Waals surface area contributed by atoms with Gasteiger partial charge in [-0.25, -0.2) is 0 Å². The zero-order valence-corrected chi connectivity index (χ0v) is 19.6. The van der Waals surface area contributed by atoms with Crippen LogP contribution in [0, 0.1) is 0 Å². The molecule has 1 N–H and O–H groups in total. The molecular formula is C20H47O3PS. The Bertz CT molecular complexity index is 332. The van der Waals surface area contributed by atoms with Gasteiger partial charge in [-0.1, -0.05) is 13.3 Å². The molecule has 5 heteroatoms. The molecule has 0 saturated heterocycles. The Morgan fingerprint density at radius 2 is 0.880 bits per heavy atom. The maximum atomic E-state index is 9.95. The number of unbranched alkanes of at least 4 members (excludes halogenated alkanes) is 5. The van der Waals surface area contributed by atoms with Crippen molar-refractivity contribution < 1.29 is 13.0 Å². The molecule has 156 valence electrons. The minimum absolute atomic E-state index is 0.108. The van der Waals surface area contributed by atoms with Gasteiger partial charge in [-0.2, -0.15) is 8.42 Å². The summed E-state index contributed by atoms with van der Waals surface area (Å²) < 4.78 is 28.0. The summed E-state index contributed by atoms with van der Waals surface area (Å²) in [6, 6.07) is 0. The number of hydrogen-bond acceptors (Lipinski definition) is 2. The Hall–Kier alpha value is 0.340. The standard InChI is InChI=1S/C16H37P.C4H10O3S/c1-5-9-13-17(14-10-6-2,15-11-7-3)16-12-8-4;1-2-3-4-8(5,6)7/h17H,5-16H2,1-4H3;2-4H2,1H3,(H,5,6,7). The van der Waals surface area contributed by atoms with E-state index in [9.17, 15) is 8.42 Å². The first-order chi connectivity index (χ1) is 11.8. The zero-order chi connectivity index (χ0) is 19.6. The fourth-order valence-electron chi connectivity index (χ4n) is 3.28. The van der Waals surface area contributed by atoms with Crippen molar-refractivity contribution in [2.75, 3.05) is 30.4 Å². The minimum atomic E-state index is -3.69. The third-order valence-corrected chi connectivity index (χ3v) is 11.5. The van der Waals surface area contributed by atoms with Gasteiger partial charge < -0.3 is 0 Å². The molecule has 0 amide bonds. The van der Waals surface area contributed by atoms with Crippen LogP contribution >= 0.6 is 7.26 Å². The van der Waals surface area contributed by atoms with Crippen LogP contribution in [0.1, 0.15) is 98.8 Å². The van der Waals surface area contributed by atoms with Gasteiger partial charge in [-0.3, -0.25) is 4.55 Å². The molecule has 0 heterocycles. The monoisotopic (exact) mass is 398 g/mol. The van der Waals surface area contributed by atoms with E-state index in [2.05, 4.69) is 27.7 Å². The Balaban J connectivity index is 0. The predicted molar refractivity (Wildman–Crippen MR) is 119 cm³/mol. The third kappa shape index (κ3) is 18.9.